The maximum atomic E-state index is 12.5. The molecular formula is C21H23N3O2S. The van der Waals surface area contributed by atoms with Gasteiger partial charge in [0, 0.05) is 5.56 Å². The predicted octanol–water partition coefficient (Wildman–Crippen LogP) is 4.71. The summed E-state index contributed by atoms with van der Waals surface area (Å²) in [6, 6.07) is 15.9. The summed E-state index contributed by atoms with van der Waals surface area (Å²) in [5, 5.41) is 11.3. The van der Waals surface area contributed by atoms with E-state index in [0.29, 0.717) is 11.1 Å². The minimum atomic E-state index is -0.344. The molecule has 0 aliphatic carbocycles. The first-order chi connectivity index (χ1) is 12.9. The third kappa shape index (κ3) is 4.98. The fraction of sp³-hybridized carbons (Fsp3) is 0.286. The molecule has 1 aromatic heterocycles. The topological polar surface area (TPSA) is 68.0 Å². The Kier molecular flexibility index (Phi) is 5.96. The van der Waals surface area contributed by atoms with Crippen molar-refractivity contribution in [3.05, 3.63) is 65.2 Å². The van der Waals surface area contributed by atoms with E-state index >= 15 is 0 Å². The van der Waals surface area contributed by atoms with Crippen molar-refractivity contribution < 1.29 is 9.21 Å². The molecule has 0 aliphatic heterocycles. The quantitative estimate of drug-likeness (QED) is 0.626. The summed E-state index contributed by atoms with van der Waals surface area (Å²) in [5.74, 6) is 0.400. The molecule has 2 aromatic carbocycles. The van der Waals surface area contributed by atoms with Crippen molar-refractivity contribution >= 4 is 17.7 Å². The number of benzene rings is 2. The molecule has 2 unspecified atom stereocenters. The van der Waals surface area contributed by atoms with E-state index in [1.54, 1.807) is 0 Å². The zero-order valence-electron chi connectivity index (χ0n) is 15.9. The molecule has 0 saturated heterocycles. The number of rotatable bonds is 6. The van der Waals surface area contributed by atoms with Crippen molar-refractivity contribution in [3.63, 3.8) is 0 Å². The number of hydrogen-bond acceptors (Lipinski definition) is 5. The molecule has 0 bridgehead atoms. The van der Waals surface area contributed by atoms with Crippen LogP contribution < -0.4 is 5.32 Å². The average molecular weight is 382 g/mol. The largest absolute Gasteiger partial charge is 0.411 e. The highest BCUT2D eigenvalue weighted by atomic mass is 32.2. The summed E-state index contributed by atoms with van der Waals surface area (Å²) in [7, 11) is 0. The molecule has 1 N–H and O–H groups in total. The normalized spacial score (nSPS) is 13.2. The van der Waals surface area contributed by atoms with Crippen LogP contribution in [0.25, 0.3) is 11.5 Å². The molecular weight excluding hydrogens is 358 g/mol. The van der Waals surface area contributed by atoms with Crippen LogP contribution >= 0.6 is 11.8 Å². The monoisotopic (exact) mass is 381 g/mol. The van der Waals surface area contributed by atoms with E-state index in [-0.39, 0.29) is 17.2 Å². The lowest BCUT2D eigenvalue weighted by atomic mass is 10.1. The second-order valence-corrected chi connectivity index (χ2v) is 7.94. The van der Waals surface area contributed by atoms with E-state index in [9.17, 15) is 4.79 Å². The van der Waals surface area contributed by atoms with E-state index < -0.39 is 0 Å². The fourth-order valence-electron chi connectivity index (χ4n) is 2.83. The van der Waals surface area contributed by atoms with E-state index in [1.165, 1.54) is 11.8 Å². The zero-order chi connectivity index (χ0) is 19.4. The molecule has 0 saturated carbocycles. The summed E-state index contributed by atoms with van der Waals surface area (Å²) in [6.45, 7) is 7.86. The summed E-state index contributed by atoms with van der Waals surface area (Å²) >= 11 is 1.26. The average Bonchev–Trinajstić information content (AvgIpc) is 3.10. The Balaban J connectivity index is 1.63. The van der Waals surface area contributed by atoms with Crippen molar-refractivity contribution in [3.8, 4) is 11.5 Å². The van der Waals surface area contributed by atoms with Crippen molar-refractivity contribution in [1.29, 1.82) is 0 Å². The van der Waals surface area contributed by atoms with Gasteiger partial charge in [0.05, 0.1) is 11.3 Å². The van der Waals surface area contributed by atoms with Crippen LogP contribution in [0, 0.1) is 13.8 Å². The number of aromatic nitrogens is 2. The summed E-state index contributed by atoms with van der Waals surface area (Å²) in [6.07, 6.45) is 0. The van der Waals surface area contributed by atoms with Gasteiger partial charge in [-0.1, -0.05) is 59.3 Å². The number of amides is 1. The van der Waals surface area contributed by atoms with Gasteiger partial charge in [-0.05, 0) is 45.4 Å². The van der Waals surface area contributed by atoms with Gasteiger partial charge >= 0.3 is 0 Å². The van der Waals surface area contributed by atoms with Gasteiger partial charge in [-0.25, -0.2) is 0 Å². The standard InChI is InChI=1S/C21H23N3O2S/c1-13-10-14(2)12-18(11-13)20-23-24-21(26-20)27-16(4)19(25)22-15(3)17-8-6-5-7-9-17/h5-12,15-16H,1-4H3,(H,22,25). The molecule has 5 nitrogen and oxygen atoms in total. The van der Waals surface area contributed by atoms with Crippen molar-refractivity contribution in [1.82, 2.24) is 15.5 Å². The van der Waals surface area contributed by atoms with E-state index in [4.69, 9.17) is 4.42 Å². The number of nitrogens with one attached hydrogen (secondary N) is 1. The zero-order valence-corrected chi connectivity index (χ0v) is 16.7. The summed E-state index contributed by atoms with van der Waals surface area (Å²) in [5.41, 5.74) is 4.24. The van der Waals surface area contributed by atoms with Crippen LogP contribution in [-0.4, -0.2) is 21.4 Å². The third-order valence-electron chi connectivity index (χ3n) is 4.18. The molecule has 0 radical (unpaired) electrons. The first kappa shape index (κ1) is 19.2. The highest BCUT2D eigenvalue weighted by Crippen LogP contribution is 2.27. The van der Waals surface area contributed by atoms with Crippen LogP contribution in [0.2, 0.25) is 0 Å². The number of carbonyl (C=O) groups is 1. The Hall–Kier alpha value is -2.60. The number of nitrogens with zero attached hydrogens (tertiary/aromatic N) is 2. The SMILES string of the molecule is Cc1cc(C)cc(-c2nnc(SC(C)C(=O)NC(C)c3ccccc3)o2)c1. The maximum Gasteiger partial charge on any atom is 0.277 e. The van der Waals surface area contributed by atoms with E-state index in [2.05, 4.69) is 21.6 Å². The number of hydrogen-bond donors (Lipinski definition) is 1. The van der Waals surface area contributed by atoms with Gasteiger partial charge in [-0.2, -0.15) is 0 Å². The Bertz CT molecular complexity index is 904. The summed E-state index contributed by atoms with van der Waals surface area (Å²) in [4.78, 5) is 12.5. The molecule has 2 atom stereocenters. The lowest BCUT2D eigenvalue weighted by Crippen LogP contribution is -2.33. The highest BCUT2D eigenvalue weighted by molar-refractivity contribution is 8.00. The molecule has 3 aromatic rings. The Morgan fingerprint density at radius 3 is 2.37 bits per heavy atom. The van der Waals surface area contributed by atoms with Crippen LogP contribution in [0.15, 0.2) is 58.2 Å². The second kappa shape index (κ2) is 8.39. The molecule has 1 heterocycles. The molecule has 140 valence electrons. The predicted molar refractivity (Wildman–Crippen MR) is 108 cm³/mol. The third-order valence-corrected chi connectivity index (χ3v) is 5.11. The van der Waals surface area contributed by atoms with Gasteiger partial charge in [0.2, 0.25) is 11.8 Å². The molecule has 0 aliphatic rings. The first-order valence-corrected chi connectivity index (χ1v) is 9.74. The summed E-state index contributed by atoms with van der Waals surface area (Å²) < 4.78 is 5.75. The van der Waals surface area contributed by atoms with Gasteiger partial charge in [0.15, 0.2) is 0 Å². The second-order valence-electron chi connectivity index (χ2n) is 6.65. The van der Waals surface area contributed by atoms with Gasteiger partial charge in [-0.3, -0.25) is 4.79 Å². The molecule has 27 heavy (non-hydrogen) atoms. The van der Waals surface area contributed by atoms with E-state index in [0.717, 1.165) is 22.3 Å². The van der Waals surface area contributed by atoms with Crippen LogP contribution in [0.4, 0.5) is 0 Å². The lowest BCUT2D eigenvalue weighted by Gasteiger charge is -2.16. The molecule has 3 rings (SSSR count). The maximum absolute atomic E-state index is 12.5. The minimum absolute atomic E-state index is 0.0599. The molecule has 0 spiro atoms. The van der Waals surface area contributed by atoms with Gasteiger partial charge in [-0.15, -0.1) is 10.2 Å². The Morgan fingerprint density at radius 1 is 1.04 bits per heavy atom. The van der Waals surface area contributed by atoms with Crippen LogP contribution in [-0.2, 0) is 4.79 Å². The van der Waals surface area contributed by atoms with Crippen molar-refractivity contribution in [2.75, 3.05) is 0 Å². The van der Waals surface area contributed by atoms with Crippen LogP contribution in [0.1, 0.15) is 36.6 Å². The lowest BCUT2D eigenvalue weighted by molar-refractivity contribution is -0.120. The number of thioether (sulfide) groups is 1. The highest BCUT2D eigenvalue weighted by Gasteiger charge is 2.20. The van der Waals surface area contributed by atoms with E-state index in [1.807, 2.05) is 70.2 Å². The van der Waals surface area contributed by atoms with Crippen molar-refractivity contribution in [2.24, 2.45) is 0 Å². The molecule has 0 fully saturated rings. The first-order valence-electron chi connectivity index (χ1n) is 8.86. The van der Waals surface area contributed by atoms with Crippen LogP contribution in [0.3, 0.4) is 0 Å². The fourth-order valence-corrected chi connectivity index (χ4v) is 3.53. The van der Waals surface area contributed by atoms with Crippen LogP contribution in [0.5, 0.6) is 0 Å². The number of carbonyl (C=O) groups excluding carboxylic acids is 1. The van der Waals surface area contributed by atoms with Gasteiger partial charge < -0.3 is 9.73 Å². The Labute approximate surface area is 163 Å². The minimum Gasteiger partial charge on any atom is -0.411 e. The molecule has 1 amide bonds. The van der Waals surface area contributed by atoms with Gasteiger partial charge in [0.1, 0.15) is 0 Å². The number of aryl methyl sites for hydroxylation is 2. The smallest absolute Gasteiger partial charge is 0.277 e. The molecule has 6 heteroatoms. The van der Waals surface area contributed by atoms with Gasteiger partial charge in [0.25, 0.3) is 5.22 Å². The Morgan fingerprint density at radius 2 is 1.70 bits per heavy atom. The van der Waals surface area contributed by atoms with Crippen molar-refractivity contribution in [2.45, 2.75) is 44.2 Å².